The Hall–Kier alpha value is -0.500. The van der Waals surface area contributed by atoms with E-state index in [0.717, 1.165) is 6.61 Å². The van der Waals surface area contributed by atoms with Crippen LogP contribution in [0.25, 0.3) is 0 Å². The molecule has 0 aliphatic heterocycles. The maximum Gasteiger partial charge on any atom is 0.0704 e. The topological polar surface area (TPSA) is 55.4 Å². The van der Waals surface area contributed by atoms with Crippen LogP contribution >= 0.6 is 0 Å². The molecule has 0 spiro atoms. The SMILES string of the molecule is COCCOCCOCCOCCOCCOCC(C)=C1CCC1. The molecule has 142 valence electrons. The lowest BCUT2D eigenvalue weighted by molar-refractivity contribution is -0.0136. The number of rotatable bonds is 17. The molecule has 0 unspecified atom stereocenters. The van der Waals surface area contributed by atoms with E-state index in [2.05, 4.69) is 6.92 Å². The molecule has 0 amide bonds. The predicted molar refractivity (Wildman–Crippen MR) is 92.5 cm³/mol. The first kappa shape index (κ1) is 21.5. The monoisotopic (exact) mass is 346 g/mol. The van der Waals surface area contributed by atoms with Crippen LogP contribution in [0.4, 0.5) is 0 Å². The minimum Gasteiger partial charge on any atom is -0.382 e. The van der Waals surface area contributed by atoms with E-state index in [9.17, 15) is 0 Å². The smallest absolute Gasteiger partial charge is 0.0704 e. The Kier molecular flexibility index (Phi) is 14.4. The minimum atomic E-state index is 0.574. The molecule has 0 aromatic heterocycles. The van der Waals surface area contributed by atoms with Gasteiger partial charge in [0.1, 0.15) is 0 Å². The summed E-state index contributed by atoms with van der Waals surface area (Å²) in [5.41, 5.74) is 2.97. The largest absolute Gasteiger partial charge is 0.382 e. The van der Waals surface area contributed by atoms with Crippen molar-refractivity contribution in [3.05, 3.63) is 11.1 Å². The molecular weight excluding hydrogens is 312 g/mol. The highest BCUT2D eigenvalue weighted by Gasteiger charge is 2.11. The van der Waals surface area contributed by atoms with Crippen molar-refractivity contribution in [2.45, 2.75) is 26.2 Å². The molecule has 1 rings (SSSR count). The molecule has 0 N–H and O–H groups in total. The van der Waals surface area contributed by atoms with Gasteiger partial charge in [0.25, 0.3) is 0 Å². The third-order valence-corrected chi connectivity index (χ3v) is 3.80. The zero-order valence-corrected chi connectivity index (χ0v) is 15.3. The van der Waals surface area contributed by atoms with E-state index in [4.69, 9.17) is 28.4 Å². The van der Waals surface area contributed by atoms with E-state index >= 15 is 0 Å². The fourth-order valence-corrected chi connectivity index (χ4v) is 2.13. The minimum absolute atomic E-state index is 0.574. The Labute approximate surface area is 146 Å². The van der Waals surface area contributed by atoms with E-state index in [1.807, 2.05) is 0 Å². The lowest BCUT2D eigenvalue weighted by Gasteiger charge is -2.20. The Balaban J connectivity index is 1.69. The van der Waals surface area contributed by atoms with Gasteiger partial charge in [-0.1, -0.05) is 5.57 Å². The molecule has 0 heterocycles. The van der Waals surface area contributed by atoms with Crippen molar-refractivity contribution in [1.29, 1.82) is 0 Å². The molecule has 1 aliphatic rings. The molecule has 0 aromatic rings. The molecule has 24 heavy (non-hydrogen) atoms. The molecule has 0 radical (unpaired) electrons. The summed E-state index contributed by atoms with van der Waals surface area (Å²) in [4.78, 5) is 0. The van der Waals surface area contributed by atoms with Crippen molar-refractivity contribution < 1.29 is 28.4 Å². The Morgan fingerprint density at radius 2 is 1.08 bits per heavy atom. The molecule has 1 aliphatic carbocycles. The summed E-state index contributed by atoms with van der Waals surface area (Å²) in [6.45, 7) is 8.85. The Morgan fingerprint density at radius 1 is 0.667 bits per heavy atom. The molecule has 0 aromatic carbocycles. The summed E-state index contributed by atoms with van der Waals surface area (Å²) in [6, 6.07) is 0. The molecule has 0 atom stereocenters. The van der Waals surface area contributed by atoms with Crippen molar-refractivity contribution in [3.8, 4) is 0 Å². The summed E-state index contributed by atoms with van der Waals surface area (Å²) in [5, 5.41) is 0. The highest BCUT2D eigenvalue weighted by molar-refractivity contribution is 5.17. The van der Waals surface area contributed by atoms with Gasteiger partial charge in [0.05, 0.1) is 72.7 Å². The van der Waals surface area contributed by atoms with Crippen LogP contribution in [-0.2, 0) is 28.4 Å². The van der Waals surface area contributed by atoms with Crippen LogP contribution in [0.2, 0.25) is 0 Å². The van der Waals surface area contributed by atoms with Gasteiger partial charge in [-0.25, -0.2) is 0 Å². The van der Waals surface area contributed by atoms with Crippen LogP contribution in [0, 0.1) is 0 Å². The Bertz CT molecular complexity index is 313. The quantitative estimate of drug-likeness (QED) is 0.297. The Morgan fingerprint density at radius 3 is 1.46 bits per heavy atom. The lowest BCUT2D eigenvalue weighted by atomic mass is 9.89. The highest BCUT2D eigenvalue weighted by Crippen LogP contribution is 2.28. The van der Waals surface area contributed by atoms with Gasteiger partial charge in [-0.3, -0.25) is 0 Å². The first-order valence-electron chi connectivity index (χ1n) is 8.89. The van der Waals surface area contributed by atoms with Gasteiger partial charge in [-0.15, -0.1) is 0 Å². The van der Waals surface area contributed by atoms with Crippen molar-refractivity contribution in [2.24, 2.45) is 0 Å². The van der Waals surface area contributed by atoms with Crippen molar-refractivity contribution >= 4 is 0 Å². The third kappa shape index (κ3) is 11.9. The summed E-state index contributed by atoms with van der Waals surface area (Å²) in [5.74, 6) is 0. The second kappa shape index (κ2) is 16.0. The van der Waals surface area contributed by atoms with E-state index in [1.54, 1.807) is 12.7 Å². The van der Waals surface area contributed by atoms with E-state index < -0.39 is 0 Å². The fraction of sp³-hybridized carbons (Fsp3) is 0.889. The zero-order valence-electron chi connectivity index (χ0n) is 15.3. The van der Waals surface area contributed by atoms with Gasteiger partial charge in [0, 0.05) is 7.11 Å². The van der Waals surface area contributed by atoms with Crippen LogP contribution in [0.5, 0.6) is 0 Å². The summed E-state index contributed by atoms with van der Waals surface area (Å²) < 4.78 is 32.0. The molecular formula is C18H34O6. The second-order valence-corrected chi connectivity index (χ2v) is 5.73. The van der Waals surface area contributed by atoms with E-state index in [1.165, 1.54) is 24.8 Å². The van der Waals surface area contributed by atoms with Gasteiger partial charge in [-0.05, 0) is 31.8 Å². The summed E-state index contributed by atoms with van der Waals surface area (Å²) in [6.07, 6.45) is 3.85. The molecule has 0 bridgehead atoms. The molecule has 1 saturated carbocycles. The van der Waals surface area contributed by atoms with Crippen molar-refractivity contribution in [1.82, 2.24) is 0 Å². The number of hydrogen-bond donors (Lipinski definition) is 0. The van der Waals surface area contributed by atoms with Gasteiger partial charge >= 0.3 is 0 Å². The summed E-state index contributed by atoms with van der Waals surface area (Å²) >= 11 is 0. The van der Waals surface area contributed by atoms with Gasteiger partial charge in [0.2, 0.25) is 0 Å². The molecule has 6 heteroatoms. The van der Waals surface area contributed by atoms with Gasteiger partial charge in [-0.2, -0.15) is 0 Å². The average Bonchev–Trinajstić information content (AvgIpc) is 2.53. The first-order valence-corrected chi connectivity index (χ1v) is 8.89. The number of allylic oxidation sites excluding steroid dienone is 1. The van der Waals surface area contributed by atoms with Crippen LogP contribution in [0.15, 0.2) is 11.1 Å². The predicted octanol–water partition coefficient (Wildman–Crippen LogP) is 2.22. The van der Waals surface area contributed by atoms with E-state index in [-0.39, 0.29) is 0 Å². The second-order valence-electron chi connectivity index (χ2n) is 5.73. The highest BCUT2D eigenvalue weighted by atomic mass is 16.6. The van der Waals surface area contributed by atoms with Crippen LogP contribution in [0.1, 0.15) is 26.2 Å². The zero-order chi connectivity index (χ0) is 17.3. The number of hydrogen-bond acceptors (Lipinski definition) is 6. The molecule has 6 nitrogen and oxygen atoms in total. The third-order valence-electron chi connectivity index (χ3n) is 3.80. The maximum atomic E-state index is 5.60. The fourth-order valence-electron chi connectivity index (χ4n) is 2.13. The first-order chi connectivity index (χ1) is 11.8. The van der Waals surface area contributed by atoms with Crippen LogP contribution < -0.4 is 0 Å². The average molecular weight is 346 g/mol. The van der Waals surface area contributed by atoms with Gasteiger partial charge < -0.3 is 28.4 Å². The molecule has 1 fully saturated rings. The van der Waals surface area contributed by atoms with Gasteiger partial charge in [0.15, 0.2) is 0 Å². The standard InChI is InChI=1S/C18H34O6/c1-17(18-4-3-5-18)16-24-15-14-23-13-12-22-11-10-21-9-8-20-7-6-19-2/h3-16H2,1-2H3. The summed E-state index contributed by atoms with van der Waals surface area (Å²) in [7, 11) is 1.66. The van der Waals surface area contributed by atoms with Crippen molar-refractivity contribution in [3.63, 3.8) is 0 Å². The number of ether oxygens (including phenoxy) is 6. The van der Waals surface area contributed by atoms with E-state index in [0.29, 0.717) is 66.1 Å². The normalized spacial score (nSPS) is 14.0. The number of methoxy groups -OCH3 is 1. The lowest BCUT2D eigenvalue weighted by Crippen LogP contribution is -2.14. The maximum absolute atomic E-state index is 5.60. The molecule has 0 saturated heterocycles. The van der Waals surface area contributed by atoms with Crippen LogP contribution in [-0.4, -0.2) is 79.8 Å². The van der Waals surface area contributed by atoms with Crippen LogP contribution in [0.3, 0.4) is 0 Å². The van der Waals surface area contributed by atoms with Crippen molar-refractivity contribution in [2.75, 3.05) is 79.8 Å².